The zero-order valence-corrected chi connectivity index (χ0v) is 16.1. The molecule has 2 aromatic rings. The molecule has 4 rings (SSSR count). The number of benzene rings is 1. The molecule has 0 radical (unpaired) electrons. The van der Waals surface area contributed by atoms with Crippen LogP contribution < -0.4 is 15.1 Å². The van der Waals surface area contributed by atoms with E-state index in [1.54, 1.807) is 11.3 Å². The number of amides is 1. The van der Waals surface area contributed by atoms with Crippen LogP contribution in [0.1, 0.15) is 23.9 Å². The van der Waals surface area contributed by atoms with Crippen molar-refractivity contribution in [1.29, 1.82) is 0 Å². The van der Waals surface area contributed by atoms with Crippen molar-refractivity contribution in [2.24, 2.45) is 5.92 Å². The summed E-state index contributed by atoms with van der Waals surface area (Å²) in [4.78, 5) is 22.2. The molecule has 138 valence electrons. The summed E-state index contributed by atoms with van der Waals surface area (Å²) in [5, 5.41) is 3.83. The summed E-state index contributed by atoms with van der Waals surface area (Å²) in [5.41, 5.74) is 2.48. The third kappa shape index (κ3) is 4.07. The number of carbonyl (C=O) groups is 1. The largest absolute Gasteiger partial charge is 0.360 e. The fourth-order valence-electron chi connectivity index (χ4n) is 3.88. The van der Waals surface area contributed by atoms with E-state index in [9.17, 15) is 4.79 Å². The van der Waals surface area contributed by atoms with Gasteiger partial charge in [-0.15, -0.1) is 11.3 Å². The molecule has 2 heterocycles. The topological polar surface area (TPSA) is 49.7 Å². The number of thiazole rings is 1. The normalized spacial score (nSPS) is 20.7. The maximum Gasteiger partial charge on any atom is 0.281 e. The molecule has 0 unspecified atom stereocenters. The average molecular weight is 372 g/mol. The van der Waals surface area contributed by atoms with Crippen LogP contribution in [0.4, 0.5) is 10.8 Å². The van der Waals surface area contributed by atoms with Crippen LogP contribution in [-0.2, 0) is 17.6 Å². The predicted octanol–water partition coefficient (Wildman–Crippen LogP) is 1.61. The maximum atomic E-state index is 12.4. The number of fused-ring (bicyclic) bond motifs is 1. The van der Waals surface area contributed by atoms with Gasteiger partial charge >= 0.3 is 0 Å². The molecule has 6 heteroatoms. The number of nitrogens with zero attached hydrogens (tertiary/aromatic N) is 2. The highest BCUT2D eigenvalue weighted by Gasteiger charge is 2.24. The Morgan fingerprint density at radius 2 is 2.08 bits per heavy atom. The number of aromatic nitrogens is 1. The van der Waals surface area contributed by atoms with Crippen molar-refractivity contribution in [3.05, 3.63) is 40.9 Å². The molecule has 2 aliphatic rings. The van der Waals surface area contributed by atoms with Crippen LogP contribution in [0.15, 0.2) is 30.3 Å². The summed E-state index contributed by atoms with van der Waals surface area (Å²) in [6.45, 7) is 6.80. The molecule has 1 atom stereocenters. The van der Waals surface area contributed by atoms with Crippen molar-refractivity contribution >= 4 is 28.1 Å². The Balaban J connectivity index is 1.27. The molecule has 1 saturated heterocycles. The van der Waals surface area contributed by atoms with Crippen LogP contribution in [0.5, 0.6) is 0 Å². The molecule has 1 aliphatic carbocycles. The average Bonchev–Trinajstić information content (AvgIpc) is 3.04. The van der Waals surface area contributed by atoms with Gasteiger partial charge in [0, 0.05) is 10.6 Å². The summed E-state index contributed by atoms with van der Waals surface area (Å²) in [6, 6.07) is 10.5. The van der Waals surface area contributed by atoms with Crippen molar-refractivity contribution in [2.75, 3.05) is 42.9 Å². The lowest BCUT2D eigenvalue weighted by atomic mass is 9.93. The first kappa shape index (κ1) is 17.5. The molecule has 5 nitrogen and oxygen atoms in total. The van der Waals surface area contributed by atoms with Crippen molar-refractivity contribution in [2.45, 2.75) is 26.2 Å². The number of rotatable bonds is 4. The number of quaternary nitrogens is 1. The molecule has 1 fully saturated rings. The first-order valence-corrected chi connectivity index (χ1v) is 10.4. The smallest absolute Gasteiger partial charge is 0.281 e. The first-order valence-electron chi connectivity index (χ1n) is 9.59. The number of para-hydroxylation sites is 1. The molecular weight excluding hydrogens is 344 g/mol. The Morgan fingerprint density at radius 1 is 1.31 bits per heavy atom. The molecule has 1 aliphatic heterocycles. The van der Waals surface area contributed by atoms with Crippen molar-refractivity contribution < 1.29 is 9.69 Å². The summed E-state index contributed by atoms with van der Waals surface area (Å²) >= 11 is 1.67. The van der Waals surface area contributed by atoms with Gasteiger partial charge in [-0.2, -0.15) is 0 Å². The van der Waals surface area contributed by atoms with Gasteiger partial charge in [0.2, 0.25) is 0 Å². The summed E-state index contributed by atoms with van der Waals surface area (Å²) in [7, 11) is 0. The van der Waals surface area contributed by atoms with E-state index in [2.05, 4.69) is 46.4 Å². The molecule has 2 N–H and O–H groups in total. The van der Waals surface area contributed by atoms with Crippen molar-refractivity contribution in [1.82, 2.24) is 4.98 Å². The Kier molecular flexibility index (Phi) is 5.22. The fraction of sp³-hybridized carbons (Fsp3) is 0.500. The number of piperazine rings is 1. The first-order chi connectivity index (χ1) is 12.7. The van der Waals surface area contributed by atoms with Gasteiger partial charge in [0.1, 0.15) is 0 Å². The molecule has 0 spiro atoms. The second-order valence-electron chi connectivity index (χ2n) is 7.53. The van der Waals surface area contributed by atoms with E-state index in [0.29, 0.717) is 6.54 Å². The summed E-state index contributed by atoms with van der Waals surface area (Å²) < 4.78 is 0. The number of nitrogens with one attached hydrogen (secondary N) is 2. The van der Waals surface area contributed by atoms with Gasteiger partial charge in [-0.3, -0.25) is 10.1 Å². The predicted molar refractivity (Wildman–Crippen MR) is 106 cm³/mol. The second kappa shape index (κ2) is 7.76. The quantitative estimate of drug-likeness (QED) is 0.859. The van der Waals surface area contributed by atoms with Crippen LogP contribution in [0.2, 0.25) is 0 Å². The van der Waals surface area contributed by atoms with Gasteiger partial charge < -0.3 is 9.80 Å². The van der Waals surface area contributed by atoms with E-state index in [1.165, 1.54) is 27.6 Å². The number of hydrogen-bond donors (Lipinski definition) is 2. The third-order valence-electron chi connectivity index (χ3n) is 5.43. The highest BCUT2D eigenvalue weighted by molar-refractivity contribution is 7.15. The molecule has 1 aromatic heterocycles. The van der Waals surface area contributed by atoms with Gasteiger partial charge in [0.05, 0.1) is 31.9 Å². The minimum absolute atomic E-state index is 0.0901. The Morgan fingerprint density at radius 3 is 2.85 bits per heavy atom. The third-order valence-corrected chi connectivity index (χ3v) is 6.47. The Bertz CT molecular complexity index is 752. The number of hydrogen-bond acceptors (Lipinski definition) is 4. The van der Waals surface area contributed by atoms with Gasteiger partial charge in [0.15, 0.2) is 11.7 Å². The number of carbonyl (C=O) groups excluding carboxylic acids is 1. The highest BCUT2D eigenvalue weighted by atomic mass is 32.1. The van der Waals surface area contributed by atoms with Gasteiger partial charge in [-0.05, 0) is 37.3 Å². The zero-order valence-electron chi connectivity index (χ0n) is 15.3. The lowest BCUT2D eigenvalue weighted by Gasteiger charge is -2.33. The van der Waals surface area contributed by atoms with Crippen LogP contribution in [0, 0.1) is 5.92 Å². The van der Waals surface area contributed by atoms with Gasteiger partial charge in [-0.25, -0.2) is 4.98 Å². The fourth-order valence-corrected chi connectivity index (χ4v) is 5.07. The Labute approximate surface area is 159 Å². The lowest BCUT2D eigenvalue weighted by Crippen LogP contribution is -3.15. The highest BCUT2D eigenvalue weighted by Crippen LogP contribution is 2.31. The monoisotopic (exact) mass is 371 g/mol. The second-order valence-corrected chi connectivity index (χ2v) is 8.62. The number of aryl methyl sites for hydroxylation is 1. The summed E-state index contributed by atoms with van der Waals surface area (Å²) in [6.07, 6.45) is 3.37. The van der Waals surface area contributed by atoms with E-state index < -0.39 is 0 Å². The van der Waals surface area contributed by atoms with Crippen molar-refractivity contribution in [3.63, 3.8) is 0 Å². The van der Waals surface area contributed by atoms with Crippen LogP contribution >= 0.6 is 11.3 Å². The van der Waals surface area contributed by atoms with E-state index >= 15 is 0 Å². The van der Waals surface area contributed by atoms with Gasteiger partial charge in [-0.1, -0.05) is 25.1 Å². The molecule has 0 saturated carbocycles. The van der Waals surface area contributed by atoms with Gasteiger partial charge in [0.25, 0.3) is 5.91 Å². The molecule has 1 aromatic carbocycles. The SMILES string of the molecule is C[C@@H]1CCc2nc(NC(=O)C[NH+]3CCN(c4ccccc4)CC3)sc2C1. The van der Waals surface area contributed by atoms with Crippen LogP contribution in [0.25, 0.3) is 0 Å². The van der Waals surface area contributed by atoms with E-state index in [-0.39, 0.29) is 5.91 Å². The lowest BCUT2D eigenvalue weighted by molar-refractivity contribution is -0.892. The molecule has 0 bridgehead atoms. The molecule has 26 heavy (non-hydrogen) atoms. The maximum absolute atomic E-state index is 12.4. The minimum atomic E-state index is 0.0901. The number of anilines is 2. The standard InChI is InChI=1S/C20H26N4OS/c1-15-7-8-17-18(13-15)26-20(21-17)22-19(25)14-23-9-11-24(12-10-23)16-5-3-2-4-6-16/h2-6,15H,7-14H2,1H3,(H,21,22,25)/p+1/t15-/m1/s1. The Hall–Kier alpha value is -1.92. The van der Waals surface area contributed by atoms with E-state index in [0.717, 1.165) is 50.1 Å². The summed E-state index contributed by atoms with van der Waals surface area (Å²) in [5.74, 6) is 0.823. The molecule has 1 amide bonds. The van der Waals surface area contributed by atoms with Crippen molar-refractivity contribution in [3.8, 4) is 0 Å². The van der Waals surface area contributed by atoms with Crippen LogP contribution in [0.3, 0.4) is 0 Å². The van der Waals surface area contributed by atoms with E-state index in [4.69, 9.17) is 0 Å². The minimum Gasteiger partial charge on any atom is -0.360 e. The van der Waals surface area contributed by atoms with Crippen LogP contribution in [-0.4, -0.2) is 43.6 Å². The molecular formula is C20H27N4OS+. The zero-order chi connectivity index (χ0) is 17.9. The van der Waals surface area contributed by atoms with E-state index in [1.807, 2.05) is 6.07 Å².